The highest BCUT2D eigenvalue weighted by Gasteiger charge is 2.21. The van der Waals surface area contributed by atoms with Crippen molar-refractivity contribution in [3.63, 3.8) is 0 Å². The molecule has 0 aliphatic heterocycles. The number of benzene rings is 1. The highest BCUT2D eigenvalue weighted by Crippen LogP contribution is 2.19. The molecular weight excluding hydrogens is 324 g/mol. The Hall–Kier alpha value is -1.09. The number of hydrogen-bond donors (Lipinski definition) is 2. The Morgan fingerprint density at radius 3 is 2.59 bits per heavy atom. The third kappa shape index (κ3) is 5.28. The van der Waals surface area contributed by atoms with Crippen molar-refractivity contribution in [2.24, 2.45) is 0 Å². The molecule has 6 nitrogen and oxygen atoms in total. The smallest absolute Gasteiger partial charge is 0.243 e. The Kier molecular flexibility index (Phi) is 7.88. The summed E-state index contributed by atoms with van der Waals surface area (Å²) in [6, 6.07) is 6.23. The van der Waals surface area contributed by atoms with E-state index >= 15 is 0 Å². The number of sulfonamides is 1. The van der Waals surface area contributed by atoms with Crippen LogP contribution in [0.25, 0.3) is 0 Å². The van der Waals surface area contributed by atoms with Crippen LogP contribution in [0.5, 0.6) is 0 Å². The molecule has 0 radical (unpaired) electrons. The van der Waals surface area contributed by atoms with E-state index in [2.05, 4.69) is 5.32 Å². The predicted molar refractivity (Wildman–Crippen MR) is 89.6 cm³/mol. The zero-order chi connectivity index (χ0) is 16.6. The number of carbonyl (C=O) groups is 1. The van der Waals surface area contributed by atoms with Gasteiger partial charge in [0.25, 0.3) is 0 Å². The van der Waals surface area contributed by atoms with Gasteiger partial charge in [0.15, 0.2) is 0 Å². The SMILES string of the molecule is CCN(CC)S(=O)(=O)c1cccc(NC(=O)CSCCO)c1. The number of amides is 1. The van der Waals surface area contributed by atoms with Crippen molar-refractivity contribution in [3.05, 3.63) is 24.3 Å². The molecule has 0 saturated carbocycles. The van der Waals surface area contributed by atoms with Crippen molar-refractivity contribution >= 4 is 33.4 Å². The Morgan fingerprint density at radius 1 is 1.32 bits per heavy atom. The Balaban J connectivity index is 2.84. The number of hydrogen-bond acceptors (Lipinski definition) is 5. The van der Waals surface area contributed by atoms with E-state index in [4.69, 9.17) is 5.11 Å². The van der Waals surface area contributed by atoms with Gasteiger partial charge in [-0.25, -0.2) is 8.42 Å². The summed E-state index contributed by atoms with van der Waals surface area (Å²) in [6.07, 6.45) is 0. The number of rotatable bonds is 9. The van der Waals surface area contributed by atoms with E-state index in [-0.39, 0.29) is 23.2 Å². The number of aliphatic hydroxyl groups is 1. The molecule has 1 aromatic rings. The van der Waals surface area contributed by atoms with Gasteiger partial charge in [0.2, 0.25) is 15.9 Å². The fourth-order valence-electron chi connectivity index (χ4n) is 1.87. The van der Waals surface area contributed by atoms with Crippen molar-refractivity contribution in [2.45, 2.75) is 18.7 Å². The molecule has 2 N–H and O–H groups in total. The average molecular weight is 346 g/mol. The molecule has 0 saturated heterocycles. The molecule has 0 bridgehead atoms. The lowest BCUT2D eigenvalue weighted by atomic mass is 10.3. The highest BCUT2D eigenvalue weighted by atomic mass is 32.2. The molecule has 0 aliphatic carbocycles. The number of nitrogens with one attached hydrogen (secondary N) is 1. The minimum Gasteiger partial charge on any atom is -0.396 e. The van der Waals surface area contributed by atoms with Crippen LogP contribution in [0, 0.1) is 0 Å². The van der Waals surface area contributed by atoms with Crippen LogP contribution >= 0.6 is 11.8 Å². The van der Waals surface area contributed by atoms with Crippen molar-refractivity contribution in [1.82, 2.24) is 4.31 Å². The van der Waals surface area contributed by atoms with Crippen LogP contribution in [0.1, 0.15) is 13.8 Å². The summed E-state index contributed by atoms with van der Waals surface area (Å²) in [7, 11) is -3.54. The largest absolute Gasteiger partial charge is 0.396 e. The van der Waals surface area contributed by atoms with E-state index in [9.17, 15) is 13.2 Å². The molecule has 0 atom stereocenters. The molecule has 1 aromatic carbocycles. The number of carbonyl (C=O) groups excluding carboxylic acids is 1. The van der Waals surface area contributed by atoms with Gasteiger partial charge in [-0.15, -0.1) is 11.8 Å². The van der Waals surface area contributed by atoms with Gasteiger partial charge >= 0.3 is 0 Å². The van der Waals surface area contributed by atoms with Crippen molar-refractivity contribution in [1.29, 1.82) is 0 Å². The molecular formula is C14H22N2O4S2. The molecule has 0 spiro atoms. The molecule has 22 heavy (non-hydrogen) atoms. The van der Waals surface area contributed by atoms with E-state index < -0.39 is 10.0 Å². The van der Waals surface area contributed by atoms with E-state index in [1.807, 2.05) is 0 Å². The van der Waals surface area contributed by atoms with Gasteiger partial charge in [0, 0.05) is 24.5 Å². The van der Waals surface area contributed by atoms with E-state index in [1.165, 1.54) is 28.2 Å². The van der Waals surface area contributed by atoms with Gasteiger partial charge in [-0.05, 0) is 18.2 Å². The maximum absolute atomic E-state index is 12.4. The molecule has 0 fully saturated rings. The number of anilines is 1. The lowest BCUT2D eigenvalue weighted by Gasteiger charge is -2.18. The van der Waals surface area contributed by atoms with Crippen molar-refractivity contribution < 1.29 is 18.3 Å². The number of thioether (sulfide) groups is 1. The van der Waals surface area contributed by atoms with E-state index in [0.29, 0.717) is 24.5 Å². The van der Waals surface area contributed by atoms with Crippen LogP contribution in [0.15, 0.2) is 29.2 Å². The second kappa shape index (κ2) is 9.14. The molecule has 0 aliphatic rings. The molecule has 1 rings (SSSR count). The minimum absolute atomic E-state index is 0.0234. The lowest BCUT2D eigenvalue weighted by molar-refractivity contribution is -0.113. The van der Waals surface area contributed by atoms with Crippen LogP contribution < -0.4 is 5.32 Å². The highest BCUT2D eigenvalue weighted by molar-refractivity contribution is 7.99. The second-order valence-electron chi connectivity index (χ2n) is 4.44. The van der Waals surface area contributed by atoms with Gasteiger partial charge in [-0.3, -0.25) is 4.79 Å². The van der Waals surface area contributed by atoms with Crippen LogP contribution in [0.3, 0.4) is 0 Å². The lowest BCUT2D eigenvalue weighted by Crippen LogP contribution is -2.30. The molecule has 124 valence electrons. The van der Waals surface area contributed by atoms with Gasteiger partial charge in [0.05, 0.1) is 17.3 Å². The zero-order valence-corrected chi connectivity index (χ0v) is 14.4. The van der Waals surface area contributed by atoms with Crippen LogP contribution in [-0.4, -0.2) is 54.9 Å². The Bertz CT molecular complexity index is 586. The Labute approximate surface area is 136 Å². The van der Waals surface area contributed by atoms with Crippen molar-refractivity contribution in [2.75, 3.05) is 36.5 Å². The Morgan fingerprint density at radius 2 is 2.00 bits per heavy atom. The maximum Gasteiger partial charge on any atom is 0.243 e. The van der Waals surface area contributed by atoms with Gasteiger partial charge in [0.1, 0.15) is 0 Å². The molecule has 0 aromatic heterocycles. The average Bonchev–Trinajstić information content (AvgIpc) is 2.48. The molecule has 0 heterocycles. The first-order valence-electron chi connectivity index (χ1n) is 7.04. The third-order valence-corrected chi connectivity index (χ3v) is 5.91. The van der Waals surface area contributed by atoms with Crippen LogP contribution in [0.2, 0.25) is 0 Å². The first-order valence-corrected chi connectivity index (χ1v) is 9.63. The molecule has 1 amide bonds. The first kappa shape index (κ1) is 19.0. The minimum atomic E-state index is -3.54. The number of nitrogens with zero attached hydrogens (tertiary/aromatic N) is 1. The summed E-state index contributed by atoms with van der Waals surface area (Å²) in [6.45, 7) is 4.38. The fraction of sp³-hybridized carbons (Fsp3) is 0.500. The number of aliphatic hydroxyl groups excluding tert-OH is 1. The summed E-state index contributed by atoms with van der Waals surface area (Å²) < 4.78 is 26.2. The summed E-state index contributed by atoms with van der Waals surface area (Å²) in [4.78, 5) is 11.9. The topological polar surface area (TPSA) is 86.7 Å². The van der Waals surface area contributed by atoms with Crippen LogP contribution in [0.4, 0.5) is 5.69 Å². The normalized spacial score (nSPS) is 11.6. The van der Waals surface area contributed by atoms with Crippen molar-refractivity contribution in [3.8, 4) is 0 Å². The van der Waals surface area contributed by atoms with Crippen LogP contribution in [-0.2, 0) is 14.8 Å². The fourth-order valence-corrected chi connectivity index (χ4v) is 3.91. The summed E-state index contributed by atoms with van der Waals surface area (Å²) in [5, 5.41) is 11.3. The van der Waals surface area contributed by atoms with E-state index in [0.717, 1.165) is 0 Å². The van der Waals surface area contributed by atoms with Gasteiger partial charge < -0.3 is 10.4 Å². The summed E-state index contributed by atoms with van der Waals surface area (Å²) in [5.74, 6) is 0.480. The quantitative estimate of drug-likeness (QED) is 0.660. The molecule has 0 unspecified atom stereocenters. The first-order chi connectivity index (χ1) is 10.5. The summed E-state index contributed by atoms with van der Waals surface area (Å²) >= 11 is 1.31. The summed E-state index contributed by atoms with van der Waals surface area (Å²) in [5.41, 5.74) is 0.447. The zero-order valence-electron chi connectivity index (χ0n) is 12.8. The van der Waals surface area contributed by atoms with E-state index in [1.54, 1.807) is 26.0 Å². The second-order valence-corrected chi connectivity index (χ2v) is 7.48. The van der Waals surface area contributed by atoms with Gasteiger partial charge in [-0.2, -0.15) is 4.31 Å². The monoisotopic (exact) mass is 346 g/mol. The van der Waals surface area contributed by atoms with Gasteiger partial charge in [-0.1, -0.05) is 19.9 Å². The molecule has 8 heteroatoms. The standard InChI is InChI=1S/C14H22N2O4S2/c1-3-16(4-2)22(19,20)13-7-5-6-12(10-13)15-14(18)11-21-9-8-17/h5-7,10,17H,3-4,8-9,11H2,1-2H3,(H,15,18). The predicted octanol–water partition coefficient (Wildman–Crippen LogP) is 1.38. The maximum atomic E-state index is 12.4. The third-order valence-electron chi connectivity index (χ3n) is 2.93.